The molecule has 2 rings (SSSR count). The Morgan fingerprint density at radius 2 is 1.95 bits per heavy atom. The van der Waals surface area contributed by atoms with E-state index in [2.05, 4.69) is 4.98 Å². The average Bonchev–Trinajstić information content (AvgIpc) is 2.53. The number of nitrogens with zero attached hydrogens (tertiary/aromatic N) is 1. The van der Waals surface area contributed by atoms with E-state index < -0.39 is 0 Å². The van der Waals surface area contributed by atoms with Crippen LogP contribution < -0.4 is 10.3 Å². The fraction of sp³-hybridized carbons (Fsp3) is 0.250. The zero-order valence-electron chi connectivity index (χ0n) is 12.3. The molecule has 0 saturated carbocycles. The maximum absolute atomic E-state index is 12.4. The minimum absolute atomic E-state index is 0.127. The molecule has 0 aliphatic heterocycles. The molecule has 0 saturated heterocycles. The average molecular weight is 286 g/mol. The van der Waals surface area contributed by atoms with Crippen LogP contribution in [-0.2, 0) is 0 Å². The van der Waals surface area contributed by atoms with Gasteiger partial charge in [-0.1, -0.05) is 18.2 Å². The zero-order chi connectivity index (χ0) is 15.4. The number of rotatable bonds is 4. The number of amides is 1. The lowest BCUT2D eigenvalue weighted by Gasteiger charge is -2.26. The Hall–Kier alpha value is -2.56. The molecule has 0 radical (unpaired) electrons. The number of H-pyrrole nitrogens is 1. The van der Waals surface area contributed by atoms with Gasteiger partial charge in [0, 0.05) is 18.8 Å². The van der Waals surface area contributed by atoms with Crippen molar-refractivity contribution in [3.8, 4) is 5.75 Å². The molecule has 0 aliphatic rings. The minimum Gasteiger partial charge on any atom is -0.496 e. The quantitative estimate of drug-likeness (QED) is 0.937. The summed E-state index contributed by atoms with van der Waals surface area (Å²) in [5.74, 6) is 0.391. The van der Waals surface area contributed by atoms with Gasteiger partial charge in [0.1, 0.15) is 11.3 Å². The van der Waals surface area contributed by atoms with Gasteiger partial charge in [-0.3, -0.25) is 9.59 Å². The van der Waals surface area contributed by atoms with Crippen molar-refractivity contribution in [1.82, 2.24) is 9.88 Å². The van der Waals surface area contributed by atoms with Crippen molar-refractivity contribution in [2.75, 3.05) is 14.2 Å². The number of methoxy groups -OCH3 is 1. The second-order valence-electron chi connectivity index (χ2n) is 4.75. The van der Waals surface area contributed by atoms with Gasteiger partial charge in [0.05, 0.1) is 13.2 Å². The molecular formula is C16H18N2O3. The maximum atomic E-state index is 12.4. The molecule has 21 heavy (non-hydrogen) atoms. The van der Waals surface area contributed by atoms with E-state index in [1.54, 1.807) is 20.2 Å². The number of nitrogens with one attached hydrogen (secondary N) is 1. The van der Waals surface area contributed by atoms with E-state index in [0.29, 0.717) is 5.75 Å². The van der Waals surface area contributed by atoms with Gasteiger partial charge in [-0.05, 0) is 25.1 Å². The van der Waals surface area contributed by atoms with Crippen LogP contribution in [0.5, 0.6) is 5.75 Å². The van der Waals surface area contributed by atoms with Crippen LogP contribution >= 0.6 is 0 Å². The van der Waals surface area contributed by atoms with Crippen LogP contribution in [0.4, 0.5) is 0 Å². The molecule has 1 N–H and O–H groups in total. The highest BCUT2D eigenvalue weighted by Gasteiger charge is 2.22. The minimum atomic E-state index is -0.387. The van der Waals surface area contributed by atoms with Crippen LogP contribution in [0.2, 0.25) is 0 Å². The van der Waals surface area contributed by atoms with E-state index in [0.717, 1.165) is 5.56 Å². The third kappa shape index (κ3) is 2.97. The van der Waals surface area contributed by atoms with E-state index >= 15 is 0 Å². The van der Waals surface area contributed by atoms with Crippen LogP contribution in [0.25, 0.3) is 0 Å². The Labute approximate surface area is 123 Å². The monoisotopic (exact) mass is 286 g/mol. The number of aromatic nitrogens is 1. The fourth-order valence-corrected chi connectivity index (χ4v) is 2.18. The third-order valence-corrected chi connectivity index (χ3v) is 3.54. The number of hydrogen-bond acceptors (Lipinski definition) is 3. The molecule has 5 heteroatoms. The van der Waals surface area contributed by atoms with Gasteiger partial charge in [0.2, 0.25) is 0 Å². The van der Waals surface area contributed by atoms with Crippen LogP contribution in [0.3, 0.4) is 0 Å². The number of ether oxygens (including phenoxy) is 1. The second kappa shape index (κ2) is 6.26. The van der Waals surface area contributed by atoms with Crippen molar-refractivity contribution in [3.63, 3.8) is 0 Å². The van der Waals surface area contributed by atoms with Gasteiger partial charge in [0.25, 0.3) is 11.5 Å². The Balaban J connectivity index is 2.31. The number of carbonyl (C=O) groups is 1. The third-order valence-electron chi connectivity index (χ3n) is 3.54. The Kier molecular flexibility index (Phi) is 4.42. The first-order chi connectivity index (χ1) is 10.1. The Morgan fingerprint density at radius 3 is 2.62 bits per heavy atom. The van der Waals surface area contributed by atoms with Gasteiger partial charge < -0.3 is 14.6 Å². The van der Waals surface area contributed by atoms with Crippen molar-refractivity contribution >= 4 is 5.91 Å². The highest BCUT2D eigenvalue weighted by molar-refractivity contribution is 5.93. The van der Waals surface area contributed by atoms with Crippen molar-refractivity contribution in [2.24, 2.45) is 0 Å². The van der Waals surface area contributed by atoms with E-state index in [-0.39, 0.29) is 23.1 Å². The Bertz CT molecular complexity index is 694. The number of pyridine rings is 1. The Morgan fingerprint density at radius 1 is 1.24 bits per heavy atom. The van der Waals surface area contributed by atoms with Crippen LogP contribution in [0.15, 0.2) is 47.4 Å². The summed E-state index contributed by atoms with van der Waals surface area (Å²) in [6.45, 7) is 1.90. The first-order valence-electron chi connectivity index (χ1n) is 6.64. The summed E-state index contributed by atoms with van der Waals surface area (Å²) in [5, 5.41) is 0. The van der Waals surface area contributed by atoms with Gasteiger partial charge in [-0.15, -0.1) is 0 Å². The largest absolute Gasteiger partial charge is 0.496 e. The SMILES string of the molecule is COc1ccccc1[C@@H](C)N(C)C(=O)c1ccc[nH]c1=O. The van der Waals surface area contributed by atoms with Crippen LogP contribution in [0, 0.1) is 0 Å². The number of benzene rings is 1. The molecule has 0 unspecified atom stereocenters. The van der Waals surface area contributed by atoms with E-state index in [9.17, 15) is 9.59 Å². The number of aromatic amines is 1. The maximum Gasteiger partial charge on any atom is 0.260 e. The summed E-state index contributed by atoms with van der Waals surface area (Å²) in [7, 11) is 3.27. The molecule has 110 valence electrons. The van der Waals surface area contributed by atoms with Crippen molar-refractivity contribution in [3.05, 3.63) is 64.1 Å². The van der Waals surface area contributed by atoms with E-state index in [4.69, 9.17) is 4.74 Å². The molecular weight excluding hydrogens is 268 g/mol. The van der Waals surface area contributed by atoms with Crippen molar-refractivity contribution in [1.29, 1.82) is 0 Å². The van der Waals surface area contributed by atoms with Gasteiger partial charge in [-0.25, -0.2) is 0 Å². The van der Waals surface area contributed by atoms with E-state index in [1.807, 2.05) is 31.2 Å². The zero-order valence-corrected chi connectivity index (χ0v) is 12.3. The summed E-state index contributed by atoms with van der Waals surface area (Å²) in [5.41, 5.74) is 0.631. The molecule has 1 amide bonds. The van der Waals surface area contributed by atoms with Crippen LogP contribution in [-0.4, -0.2) is 29.9 Å². The standard InChI is InChI=1S/C16H18N2O3/c1-11(12-7-4-5-9-14(12)21-3)18(2)16(20)13-8-6-10-17-15(13)19/h4-11H,1-3H3,(H,17,19)/t11-/m1/s1. The fourth-order valence-electron chi connectivity index (χ4n) is 2.18. The van der Waals surface area contributed by atoms with Crippen LogP contribution in [0.1, 0.15) is 28.9 Å². The van der Waals surface area contributed by atoms with Gasteiger partial charge in [-0.2, -0.15) is 0 Å². The summed E-state index contributed by atoms with van der Waals surface area (Å²) in [4.78, 5) is 28.2. The molecule has 1 aromatic carbocycles. The lowest BCUT2D eigenvalue weighted by Crippen LogP contribution is -2.33. The molecule has 1 atom stereocenters. The highest BCUT2D eigenvalue weighted by atomic mass is 16.5. The molecule has 1 heterocycles. The summed E-state index contributed by atoms with van der Waals surface area (Å²) in [6.07, 6.45) is 1.50. The summed E-state index contributed by atoms with van der Waals surface area (Å²) in [6, 6.07) is 10.5. The first kappa shape index (κ1) is 14.8. The normalized spacial score (nSPS) is 11.8. The summed E-state index contributed by atoms with van der Waals surface area (Å²) < 4.78 is 5.32. The smallest absolute Gasteiger partial charge is 0.260 e. The molecule has 0 fully saturated rings. The second-order valence-corrected chi connectivity index (χ2v) is 4.75. The first-order valence-corrected chi connectivity index (χ1v) is 6.64. The van der Waals surface area contributed by atoms with Gasteiger partial charge in [0.15, 0.2) is 0 Å². The number of para-hydroxylation sites is 1. The predicted octanol–water partition coefficient (Wildman–Crippen LogP) is 2.22. The number of hydrogen-bond donors (Lipinski definition) is 1. The lowest BCUT2D eigenvalue weighted by atomic mass is 10.1. The molecule has 2 aromatic rings. The highest BCUT2D eigenvalue weighted by Crippen LogP contribution is 2.28. The lowest BCUT2D eigenvalue weighted by molar-refractivity contribution is 0.0739. The van der Waals surface area contributed by atoms with Gasteiger partial charge >= 0.3 is 0 Å². The topological polar surface area (TPSA) is 62.4 Å². The molecule has 0 spiro atoms. The summed E-state index contributed by atoms with van der Waals surface area (Å²) >= 11 is 0. The number of carbonyl (C=O) groups excluding carboxylic acids is 1. The van der Waals surface area contributed by atoms with E-state index in [1.165, 1.54) is 17.2 Å². The molecule has 1 aromatic heterocycles. The molecule has 0 bridgehead atoms. The molecule has 5 nitrogen and oxygen atoms in total. The van der Waals surface area contributed by atoms with Crippen molar-refractivity contribution < 1.29 is 9.53 Å². The van der Waals surface area contributed by atoms with Crippen molar-refractivity contribution in [2.45, 2.75) is 13.0 Å². The predicted molar refractivity (Wildman–Crippen MR) is 80.6 cm³/mol. The molecule has 0 aliphatic carbocycles.